The summed E-state index contributed by atoms with van der Waals surface area (Å²) >= 11 is 0. The van der Waals surface area contributed by atoms with Gasteiger partial charge in [0.1, 0.15) is 5.69 Å². The summed E-state index contributed by atoms with van der Waals surface area (Å²) in [6.45, 7) is 11.6. The van der Waals surface area contributed by atoms with Crippen molar-refractivity contribution in [1.29, 1.82) is 0 Å². The molecule has 28 heavy (non-hydrogen) atoms. The molecule has 0 saturated carbocycles. The first-order valence-corrected chi connectivity index (χ1v) is 11.7. The number of hydrogen-bond donors (Lipinski definition) is 0. The van der Waals surface area contributed by atoms with Gasteiger partial charge in [-0.3, -0.25) is 0 Å². The molecule has 5 rings (SSSR count). The Balaban J connectivity index is 1.98. The van der Waals surface area contributed by atoms with E-state index in [1.54, 1.807) is 0 Å². The van der Waals surface area contributed by atoms with Crippen molar-refractivity contribution < 1.29 is 4.57 Å². The normalized spacial score (nSPS) is 15.9. The van der Waals surface area contributed by atoms with E-state index in [4.69, 9.17) is 4.98 Å². The first-order valence-electron chi connectivity index (χ1n) is 9.86. The highest BCUT2D eigenvalue weighted by Crippen LogP contribution is 2.45. The van der Waals surface area contributed by atoms with Crippen LogP contribution in [0.15, 0.2) is 48.8 Å². The Morgan fingerprint density at radius 2 is 1.75 bits per heavy atom. The van der Waals surface area contributed by atoms with Crippen molar-refractivity contribution in [2.45, 2.75) is 33.1 Å². The third-order valence-electron chi connectivity index (χ3n) is 6.17. The van der Waals surface area contributed by atoms with Crippen molar-refractivity contribution in [3.63, 3.8) is 0 Å². The molecule has 1 aliphatic heterocycles. The van der Waals surface area contributed by atoms with E-state index in [1.165, 1.54) is 49.2 Å². The summed E-state index contributed by atoms with van der Waals surface area (Å²) < 4.78 is 2.21. The molecule has 4 aromatic rings. The molecule has 0 spiro atoms. The zero-order chi connectivity index (χ0) is 19.8. The SMILES string of the molecule is Cc1c2c(cc3ccccc13)P(C)c1cc(C(C)(C)C)cc3nc[n+](C)c-2c13. The van der Waals surface area contributed by atoms with Crippen LogP contribution in [-0.2, 0) is 12.5 Å². The van der Waals surface area contributed by atoms with Crippen molar-refractivity contribution >= 4 is 40.2 Å². The minimum atomic E-state index is -0.431. The molecular weight excluding hydrogens is 359 g/mol. The smallest absolute Gasteiger partial charge is 0.232 e. The van der Waals surface area contributed by atoms with Gasteiger partial charge in [0.2, 0.25) is 0 Å². The molecule has 0 saturated heterocycles. The molecule has 1 unspecified atom stereocenters. The molecule has 3 aromatic carbocycles. The van der Waals surface area contributed by atoms with E-state index in [0.29, 0.717) is 0 Å². The Hall–Kier alpha value is -2.31. The minimum absolute atomic E-state index is 0.111. The quantitative estimate of drug-likeness (QED) is 0.312. The lowest BCUT2D eigenvalue weighted by Crippen LogP contribution is -2.37. The summed E-state index contributed by atoms with van der Waals surface area (Å²) in [6.07, 6.45) is 1.98. The molecule has 2 heterocycles. The van der Waals surface area contributed by atoms with Crippen molar-refractivity contribution in [3.8, 4) is 11.3 Å². The number of benzene rings is 3. The molecule has 1 aliphatic rings. The molecular formula is C25H26N2P+. The zero-order valence-corrected chi connectivity index (χ0v) is 18.4. The van der Waals surface area contributed by atoms with Crippen LogP contribution >= 0.6 is 7.92 Å². The van der Waals surface area contributed by atoms with Crippen molar-refractivity contribution in [3.05, 3.63) is 59.9 Å². The molecule has 2 nitrogen and oxygen atoms in total. The second kappa shape index (κ2) is 5.84. The van der Waals surface area contributed by atoms with Crippen LogP contribution in [0.4, 0.5) is 0 Å². The summed E-state index contributed by atoms with van der Waals surface area (Å²) in [6, 6.07) is 16.0. The lowest BCUT2D eigenvalue weighted by Gasteiger charge is -2.29. The van der Waals surface area contributed by atoms with Crippen LogP contribution < -0.4 is 15.2 Å². The average Bonchev–Trinajstić information content (AvgIpc) is 2.66. The predicted octanol–water partition coefficient (Wildman–Crippen LogP) is 4.86. The Labute approximate surface area is 168 Å². The first kappa shape index (κ1) is 17.8. The van der Waals surface area contributed by atoms with E-state index < -0.39 is 7.92 Å². The summed E-state index contributed by atoms with van der Waals surface area (Å²) in [4.78, 5) is 4.83. The van der Waals surface area contributed by atoms with Crippen molar-refractivity contribution in [1.82, 2.24) is 4.98 Å². The number of fused-ring (bicyclic) bond motifs is 3. The molecule has 0 N–H and O–H groups in total. The maximum Gasteiger partial charge on any atom is 0.287 e. The Morgan fingerprint density at radius 3 is 2.50 bits per heavy atom. The maximum absolute atomic E-state index is 4.83. The summed E-state index contributed by atoms with van der Waals surface area (Å²) in [5.41, 5.74) is 6.73. The third-order valence-corrected chi connectivity index (χ3v) is 8.32. The van der Waals surface area contributed by atoms with E-state index in [1.807, 2.05) is 6.33 Å². The van der Waals surface area contributed by atoms with Crippen LogP contribution in [0.25, 0.3) is 32.9 Å². The monoisotopic (exact) mass is 385 g/mol. The van der Waals surface area contributed by atoms with E-state index in [-0.39, 0.29) is 5.41 Å². The number of aromatic nitrogens is 2. The Morgan fingerprint density at radius 1 is 1.00 bits per heavy atom. The fraction of sp³-hybridized carbons (Fsp3) is 0.280. The van der Waals surface area contributed by atoms with Crippen LogP contribution in [0.1, 0.15) is 31.9 Å². The van der Waals surface area contributed by atoms with Crippen molar-refractivity contribution in [2.75, 3.05) is 6.66 Å². The van der Waals surface area contributed by atoms with Gasteiger partial charge in [-0.1, -0.05) is 45.0 Å². The maximum atomic E-state index is 4.83. The lowest BCUT2D eigenvalue weighted by molar-refractivity contribution is -0.662. The Bertz CT molecular complexity index is 1280. The van der Waals surface area contributed by atoms with Crippen LogP contribution in [-0.4, -0.2) is 11.6 Å². The standard InChI is InChI=1S/C25H26N2P/c1-15-18-10-8-7-9-16(18)11-20-22(15)24-23-19(26-14-27(24)5)12-17(25(2,3)4)13-21(23)28(20)6/h7-14H,1-6H3/q+1. The largest absolute Gasteiger partial charge is 0.287 e. The minimum Gasteiger partial charge on any atom is -0.232 e. The number of rotatable bonds is 0. The van der Waals surface area contributed by atoms with Crippen LogP contribution in [0.2, 0.25) is 0 Å². The fourth-order valence-corrected chi connectivity index (χ4v) is 6.63. The van der Waals surface area contributed by atoms with E-state index in [0.717, 1.165) is 5.52 Å². The number of nitrogens with zero attached hydrogens (tertiary/aromatic N) is 2. The van der Waals surface area contributed by atoms with Gasteiger partial charge in [0.05, 0.1) is 12.4 Å². The molecule has 1 aromatic heterocycles. The highest BCUT2D eigenvalue weighted by Gasteiger charge is 2.33. The van der Waals surface area contributed by atoms with Gasteiger partial charge in [0.25, 0.3) is 6.33 Å². The molecule has 3 heteroatoms. The lowest BCUT2D eigenvalue weighted by atomic mass is 9.86. The van der Waals surface area contributed by atoms with E-state index >= 15 is 0 Å². The highest BCUT2D eigenvalue weighted by atomic mass is 31.1. The molecule has 0 bridgehead atoms. The summed E-state index contributed by atoms with van der Waals surface area (Å²) in [5.74, 6) is 0. The van der Waals surface area contributed by atoms with Crippen LogP contribution in [0, 0.1) is 6.92 Å². The van der Waals surface area contributed by atoms with Gasteiger partial charge >= 0.3 is 0 Å². The second-order valence-corrected chi connectivity index (χ2v) is 11.1. The van der Waals surface area contributed by atoms with E-state index in [2.05, 4.69) is 88.4 Å². The second-order valence-electron chi connectivity index (χ2n) is 9.02. The van der Waals surface area contributed by atoms with Gasteiger partial charge in [-0.2, -0.15) is 0 Å². The first-order chi connectivity index (χ1) is 13.3. The topological polar surface area (TPSA) is 16.8 Å². The highest BCUT2D eigenvalue weighted by molar-refractivity contribution is 7.73. The molecule has 140 valence electrons. The Kier molecular flexibility index (Phi) is 3.71. The summed E-state index contributed by atoms with van der Waals surface area (Å²) in [5, 5.41) is 7.00. The average molecular weight is 385 g/mol. The molecule has 0 radical (unpaired) electrons. The third kappa shape index (κ3) is 2.37. The fourth-order valence-electron chi connectivity index (χ4n) is 4.54. The molecule has 1 atom stereocenters. The van der Waals surface area contributed by atoms with Crippen LogP contribution in [0.5, 0.6) is 0 Å². The number of hydrogen-bond acceptors (Lipinski definition) is 1. The van der Waals surface area contributed by atoms with Gasteiger partial charge in [-0.05, 0) is 82.6 Å². The molecule has 0 fully saturated rings. The molecule has 0 amide bonds. The number of aryl methyl sites for hydroxylation is 2. The summed E-state index contributed by atoms with van der Waals surface area (Å²) in [7, 11) is 1.70. The van der Waals surface area contributed by atoms with E-state index in [9.17, 15) is 0 Å². The van der Waals surface area contributed by atoms with Gasteiger partial charge < -0.3 is 0 Å². The zero-order valence-electron chi connectivity index (χ0n) is 17.5. The van der Waals surface area contributed by atoms with Gasteiger partial charge in [0, 0.05) is 5.56 Å². The van der Waals surface area contributed by atoms with Crippen LogP contribution in [0.3, 0.4) is 0 Å². The van der Waals surface area contributed by atoms with Gasteiger partial charge in [-0.15, -0.1) is 0 Å². The predicted molar refractivity (Wildman–Crippen MR) is 121 cm³/mol. The van der Waals surface area contributed by atoms with Gasteiger partial charge in [-0.25, -0.2) is 4.57 Å². The van der Waals surface area contributed by atoms with Crippen molar-refractivity contribution in [2.24, 2.45) is 7.05 Å². The van der Waals surface area contributed by atoms with Gasteiger partial charge in [0.15, 0.2) is 5.52 Å². The molecule has 0 aliphatic carbocycles.